The molecule has 1 aliphatic rings. The number of benzene rings is 1. The highest BCUT2D eigenvalue weighted by molar-refractivity contribution is 5.86. The van der Waals surface area contributed by atoms with Crippen LogP contribution >= 0.6 is 0 Å². The average Bonchev–Trinajstić information content (AvgIpc) is 2.68. The van der Waals surface area contributed by atoms with Gasteiger partial charge in [-0.25, -0.2) is 0 Å². The van der Waals surface area contributed by atoms with Gasteiger partial charge in [-0.3, -0.25) is 0 Å². The van der Waals surface area contributed by atoms with Crippen LogP contribution in [0, 0.1) is 6.92 Å². The zero-order valence-electron chi connectivity index (χ0n) is 9.36. The molecule has 0 saturated heterocycles. The van der Waals surface area contributed by atoms with Gasteiger partial charge in [0, 0.05) is 0 Å². The van der Waals surface area contributed by atoms with E-state index in [0.29, 0.717) is 5.92 Å². The summed E-state index contributed by atoms with van der Waals surface area (Å²) in [5.41, 5.74) is 3.95. The van der Waals surface area contributed by atoms with Crippen LogP contribution in [0.1, 0.15) is 36.3 Å². The average molecular weight is 203 g/mol. The maximum Gasteiger partial charge on any atom is 0.106 e. The van der Waals surface area contributed by atoms with Crippen molar-refractivity contribution in [3.63, 3.8) is 0 Å². The molecule has 2 heteroatoms. The van der Waals surface area contributed by atoms with E-state index < -0.39 is 0 Å². The third kappa shape index (κ3) is 2.38. The van der Waals surface area contributed by atoms with Crippen LogP contribution in [-0.2, 0) is 4.84 Å². The predicted octanol–water partition coefficient (Wildman–Crippen LogP) is 3.26. The predicted molar refractivity (Wildman–Crippen MR) is 62.2 cm³/mol. The minimum atomic E-state index is 0.638. The lowest BCUT2D eigenvalue weighted by atomic mass is 9.97. The van der Waals surface area contributed by atoms with Gasteiger partial charge < -0.3 is 4.84 Å². The molecule has 0 spiro atoms. The number of oxime groups is 1. The Hall–Kier alpha value is -1.31. The third-order valence-corrected chi connectivity index (χ3v) is 3.03. The molecule has 2 rings (SSSR count). The van der Waals surface area contributed by atoms with Crippen molar-refractivity contribution in [1.29, 1.82) is 0 Å². The Bertz CT molecular complexity index is 353. The normalized spacial score (nSPS) is 23.3. The quantitative estimate of drug-likeness (QED) is 0.676. The summed E-state index contributed by atoms with van der Waals surface area (Å²) in [6, 6.07) is 8.83. The van der Waals surface area contributed by atoms with Gasteiger partial charge in [0.15, 0.2) is 0 Å². The number of aryl methyl sites for hydroxylation is 1. The van der Waals surface area contributed by atoms with Crippen molar-refractivity contribution in [2.24, 2.45) is 5.16 Å². The zero-order valence-corrected chi connectivity index (χ0v) is 9.36. The smallest absolute Gasteiger partial charge is 0.106 e. The highest BCUT2D eigenvalue weighted by Crippen LogP contribution is 2.32. The first-order chi connectivity index (χ1) is 7.29. The molecule has 0 bridgehead atoms. The summed E-state index contributed by atoms with van der Waals surface area (Å²) in [5, 5.41) is 4.03. The van der Waals surface area contributed by atoms with E-state index in [2.05, 4.69) is 36.3 Å². The Morgan fingerprint density at radius 3 is 2.67 bits per heavy atom. The Balaban J connectivity index is 2.07. The van der Waals surface area contributed by atoms with Crippen molar-refractivity contribution in [2.45, 2.75) is 32.1 Å². The maximum absolute atomic E-state index is 4.82. The van der Waals surface area contributed by atoms with Crippen LogP contribution in [0.5, 0.6) is 0 Å². The fourth-order valence-electron chi connectivity index (χ4n) is 2.16. The Morgan fingerprint density at radius 1 is 1.27 bits per heavy atom. The van der Waals surface area contributed by atoms with Gasteiger partial charge in [0.1, 0.15) is 7.11 Å². The lowest BCUT2D eigenvalue weighted by Crippen LogP contribution is -1.95. The molecule has 1 atom stereocenters. The van der Waals surface area contributed by atoms with Crippen LogP contribution in [-0.4, -0.2) is 12.8 Å². The largest absolute Gasteiger partial charge is 0.399 e. The number of hydrogen-bond donors (Lipinski definition) is 0. The van der Waals surface area contributed by atoms with Gasteiger partial charge in [-0.1, -0.05) is 35.0 Å². The molecule has 1 aromatic rings. The summed E-state index contributed by atoms with van der Waals surface area (Å²) in [6.45, 7) is 2.12. The van der Waals surface area contributed by atoms with Crippen LogP contribution in [0.15, 0.2) is 29.4 Å². The third-order valence-electron chi connectivity index (χ3n) is 3.03. The second-order valence-electron chi connectivity index (χ2n) is 4.19. The summed E-state index contributed by atoms with van der Waals surface area (Å²) < 4.78 is 0. The second kappa shape index (κ2) is 4.47. The molecule has 0 N–H and O–H groups in total. The topological polar surface area (TPSA) is 21.6 Å². The molecule has 0 aromatic heterocycles. The molecule has 0 radical (unpaired) electrons. The molecule has 1 saturated carbocycles. The standard InChI is InChI=1S/C13H17NO/c1-10-3-5-11(6-4-10)12-7-8-13(9-12)14-15-2/h3-6,12H,7-9H2,1-2H3/b14-13+. The molecular weight excluding hydrogens is 186 g/mol. The van der Waals surface area contributed by atoms with Crippen molar-refractivity contribution < 1.29 is 4.84 Å². The number of rotatable bonds is 2. The molecule has 0 amide bonds. The first-order valence-electron chi connectivity index (χ1n) is 5.45. The van der Waals surface area contributed by atoms with Gasteiger partial charge in [0.05, 0.1) is 5.71 Å². The first kappa shape index (κ1) is 10.2. The van der Waals surface area contributed by atoms with Crippen LogP contribution in [0.4, 0.5) is 0 Å². The van der Waals surface area contributed by atoms with Crippen LogP contribution in [0.25, 0.3) is 0 Å². The van der Waals surface area contributed by atoms with Crippen molar-refractivity contribution in [2.75, 3.05) is 7.11 Å². The van der Waals surface area contributed by atoms with Crippen LogP contribution in [0.3, 0.4) is 0 Å². The van der Waals surface area contributed by atoms with Gasteiger partial charge in [-0.2, -0.15) is 0 Å². The Labute approximate surface area is 90.9 Å². The van der Waals surface area contributed by atoms with E-state index in [0.717, 1.165) is 12.8 Å². The van der Waals surface area contributed by atoms with Crippen molar-refractivity contribution in [1.82, 2.24) is 0 Å². The van der Waals surface area contributed by atoms with Crippen LogP contribution < -0.4 is 0 Å². The molecule has 2 nitrogen and oxygen atoms in total. The minimum absolute atomic E-state index is 0.638. The van der Waals surface area contributed by atoms with E-state index in [4.69, 9.17) is 4.84 Å². The molecule has 15 heavy (non-hydrogen) atoms. The summed E-state index contributed by atoms with van der Waals surface area (Å²) in [4.78, 5) is 4.82. The van der Waals surface area contributed by atoms with Crippen molar-refractivity contribution >= 4 is 5.71 Å². The molecule has 0 heterocycles. The minimum Gasteiger partial charge on any atom is -0.399 e. The Morgan fingerprint density at radius 2 is 2.00 bits per heavy atom. The van der Waals surface area contributed by atoms with Crippen molar-refractivity contribution in [3.8, 4) is 0 Å². The molecule has 1 unspecified atom stereocenters. The van der Waals surface area contributed by atoms with E-state index in [1.54, 1.807) is 7.11 Å². The molecule has 1 aliphatic carbocycles. The summed E-state index contributed by atoms with van der Waals surface area (Å²) in [6.07, 6.45) is 3.33. The van der Waals surface area contributed by atoms with Gasteiger partial charge in [-0.05, 0) is 37.7 Å². The van der Waals surface area contributed by atoms with Crippen LogP contribution in [0.2, 0.25) is 0 Å². The fourth-order valence-corrected chi connectivity index (χ4v) is 2.16. The van der Waals surface area contributed by atoms with Gasteiger partial charge in [0.25, 0.3) is 0 Å². The highest BCUT2D eigenvalue weighted by Gasteiger charge is 2.22. The summed E-state index contributed by atoms with van der Waals surface area (Å²) in [5.74, 6) is 0.638. The van der Waals surface area contributed by atoms with Crippen molar-refractivity contribution in [3.05, 3.63) is 35.4 Å². The zero-order chi connectivity index (χ0) is 10.7. The summed E-state index contributed by atoms with van der Waals surface area (Å²) >= 11 is 0. The van der Waals surface area contributed by atoms with Gasteiger partial charge in [0.2, 0.25) is 0 Å². The van der Waals surface area contributed by atoms with E-state index in [9.17, 15) is 0 Å². The SMILES string of the molecule is CO/N=C1\CCC(c2ccc(C)cc2)C1. The second-order valence-corrected chi connectivity index (χ2v) is 4.19. The molecule has 80 valence electrons. The molecule has 0 aliphatic heterocycles. The van der Waals surface area contributed by atoms with E-state index in [1.165, 1.54) is 23.3 Å². The highest BCUT2D eigenvalue weighted by atomic mass is 16.6. The van der Waals surface area contributed by atoms with E-state index in [1.807, 2.05) is 0 Å². The number of nitrogens with zero attached hydrogens (tertiary/aromatic N) is 1. The maximum atomic E-state index is 4.82. The first-order valence-corrected chi connectivity index (χ1v) is 5.45. The molecule has 1 fully saturated rings. The van der Waals surface area contributed by atoms with Gasteiger partial charge in [-0.15, -0.1) is 0 Å². The molecular formula is C13H17NO. The van der Waals surface area contributed by atoms with E-state index in [-0.39, 0.29) is 0 Å². The van der Waals surface area contributed by atoms with E-state index >= 15 is 0 Å². The molecule has 1 aromatic carbocycles. The van der Waals surface area contributed by atoms with Gasteiger partial charge >= 0.3 is 0 Å². The lowest BCUT2D eigenvalue weighted by molar-refractivity contribution is 0.212. The monoisotopic (exact) mass is 203 g/mol. The summed E-state index contributed by atoms with van der Waals surface area (Å²) in [7, 11) is 1.62. The fraction of sp³-hybridized carbons (Fsp3) is 0.462. The number of hydrogen-bond acceptors (Lipinski definition) is 2. The Kier molecular flexibility index (Phi) is 3.05. The lowest BCUT2D eigenvalue weighted by Gasteiger charge is -2.08.